The molecule has 0 atom stereocenters. The third-order valence-electron chi connectivity index (χ3n) is 3.68. The molecule has 0 radical (unpaired) electrons. The van der Waals surface area contributed by atoms with Crippen LogP contribution in [0, 0.1) is 0 Å². The van der Waals surface area contributed by atoms with E-state index in [1.54, 1.807) is 12.1 Å². The molecular formula is C17H27ClN2O3. The number of methoxy groups -OCH3 is 2. The first kappa shape index (κ1) is 19.6. The molecule has 130 valence electrons. The Balaban J connectivity index is 2.74. The number of amides is 1. The van der Waals surface area contributed by atoms with Crippen molar-refractivity contribution < 1.29 is 14.3 Å². The highest BCUT2D eigenvalue weighted by Gasteiger charge is 2.16. The first-order chi connectivity index (χ1) is 10.8. The number of nitrogens with zero attached hydrogens (tertiary/aromatic N) is 1. The molecule has 0 aromatic heterocycles. The Morgan fingerprint density at radius 3 is 2.26 bits per heavy atom. The molecule has 1 rings (SSSR count). The topological polar surface area (TPSA) is 50.8 Å². The number of rotatable bonds is 8. The van der Waals surface area contributed by atoms with E-state index in [2.05, 4.69) is 37.9 Å². The Bertz CT molecular complexity index is 525. The average Bonchev–Trinajstić information content (AvgIpc) is 2.49. The minimum absolute atomic E-state index is 0.180. The minimum Gasteiger partial charge on any atom is -0.493 e. The highest BCUT2D eigenvalue weighted by Crippen LogP contribution is 2.35. The van der Waals surface area contributed by atoms with E-state index in [4.69, 9.17) is 21.1 Å². The molecule has 0 bridgehead atoms. The van der Waals surface area contributed by atoms with E-state index < -0.39 is 0 Å². The standard InChI is InChI=1S/C17H27ClN2O3/c1-11(2)20(12(3)4)8-7-19-17(21)13-9-14(18)16(23-6)15(10-13)22-5/h9-12H,7-8H2,1-6H3,(H,19,21). The zero-order valence-electron chi connectivity index (χ0n) is 14.8. The van der Waals surface area contributed by atoms with E-state index in [0.29, 0.717) is 40.7 Å². The van der Waals surface area contributed by atoms with Crippen molar-refractivity contribution in [3.63, 3.8) is 0 Å². The second-order valence-corrected chi connectivity index (χ2v) is 6.28. The van der Waals surface area contributed by atoms with Gasteiger partial charge in [-0.25, -0.2) is 0 Å². The monoisotopic (exact) mass is 342 g/mol. The van der Waals surface area contributed by atoms with Crippen LogP contribution in [0.1, 0.15) is 38.1 Å². The van der Waals surface area contributed by atoms with E-state index in [-0.39, 0.29) is 5.91 Å². The molecule has 0 fully saturated rings. The lowest BCUT2D eigenvalue weighted by atomic mass is 10.2. The van der Waals surface area contributed by atoms with E-state index in [1.807, 2.05) is 0 Å². The normalized spacial score (nSPS) is 11.2. The summed E-state index contributed by atoms with van der Waals surface area (Å²) in [5.41, 5.74) is 0.452. The Kier molecular flexibility index (Phi) is 7.65. The van der Waals surface area contributed by atoms with E-state index in [0.717, 1.165) is 6.54 Å². The van der Waals surface area contributed by atoms with E-state index in [1.165, 1.54) is 14.2 Å². The number of halogens is 1. The van der Waals surface area contributed by atoms with Gasteiger partial charge < -0.3 is 14.8 Å². The van der Waals surface area contributed by atoms with Crippen molar-refractivity contribution in [2.75, 3.05) is 27.3 Å². The van der Waals surface area contributed by atoms with Gasteiger partial charge in [-0.05, 0) is 39.8 Å². The van der Waals surface area contributed by atoms with Gasteiger partial charge in [0, 0.05) is 30.7 Å². The summed E-state index contributed by atoms with van der Waals surface area (Å²) in [6, 6.07) is 4.08. The Morgan fingerprint density at radius 1 is 1.17 bits per heavy atom. The molecule has 0 spiro atoms. The number of carbonyl (C=O) groups excluding carboxylic acids is 1. The fourth-order valence-electron chi connectivity index (χ4n) is 2.56. The molecule has 0 aliphatic heterocycles. The van der Waals surface area contributed by atoms with Gasteiger partial charge in [-0.1, -0.05) is 11.6 Å². The largest absolute Gasteiger partial charge is 0.493 e. The second kappa shape index (κ2) is 8.99. The molecule has 1 amide bonds. The van der Waals surface area contributed by atoms with Crippen LogP contribution in [-0.4, -0.2) is 50.2 Å². The molecule has 1 N–H and O–H groups in total. The van der Waals surface area contributed by atoms with Crippen molar-refractivity contribution in [3.05, 3.63) is 22.7 Å². The van der Waals surface area contributed by atoms with Gasteiger partial charge in [0.1, 0.15) is 0 Å². The maximum Gasteiger partial charge on any atom is 0.251 e. The summed E-state index contributed by atoms with van der Waals surface area (Å²) < 4.78 is 10.4. The molecule has 23 heavy (non-hydrogen) atoms. The van der Waals surface area contributed by atoms with Crippen LogP contribution in [0.3, 0.4) is 0 Å². The molecule has 6 heteroatoms. The molecule has 0 saturated carbocycles. The van der Waals surface area contributed by atoms with Gasteiger partial charge in [0.15, 0.2) is 11.5 Å². The number of hydrogen-bond donors (Lipinski definition) is 1. The Labute approximate surface area is 143 Å². The summed E-state index contributed by atoms with van der Waals surface area (Å²) in [4.78, 5) is 14.6. The van der Waals surface area contributed by atoms with Crippen molar-refractivity contribution >= 4 is 17.5 Å². The van der Waals surface area contributed by atoms with Gasteiger partial charge in [0.2, 0.25) is 0 Å². The van der Waals surface area contributed by atoms with E-state index in [9.17, 15) is 4.79 Å². The fourth-order valence-corrected chi connectivity index (χ4v) is 2.85. The van der Waals surface area contributed by atoms with Crippen molar-refractivity contribution in [1.82, 2.24) is 10.2 Å². The maximum atomic E-state index is 12.3. The van der Waals surface area contributed by atoms with Crippen LogP contribution < -0.4 is 14.8 Å². The Morgan fingerprint density at radius 2 is 1.78 bits per heavy atom. The van der Waals surface area contributed by atoms with Gasteiger partial charge in [-0.3, -0.25) is 9.69 Å². The fraction of sp³-hybridized carbons (Fsp3) is 0.588. The molecule has 0 aliphatic rings. The molecule has 0 heterocycles. The predicted molar refractivity (Wildman–Crippen MR) is 93.9 cm³/mol. The molecule has 0 saturated heterocycles. The van der Waals surface area contributed by atoms with Crippen molar-refractivity contribution in [3.8, 4) is 11.5 Å². The summed E-state index contributed by atoms with van der Waals surface area (Å²) in [5.74, 6) is 0.688. The zero-order chi connectivity index (χ0) is 17.6. The van der Waals surface area contributed by atoms with Crippen LogP contribution in [0.4, 0.5) is 0 Å². The lowest BCUT2D eigenvalue weighted by Gasteiger charge is -2.30. The maximum absolute atomic E-state index is 12.3. The third-order valence-corrected chi connectivity index (χ3v) is 3.96. The first-order valence-electron chi connectivity index (χ1n) is 7.77. The van der Waals surface area contributed by atoms with Gasteiger partial charge in [-0.2, -0.15) is 0 Å². The van der Waals surface area contributed by atoms with Gasteiger partial charge in [0.05, 0.1) is 19.2 Å². The molecular weight excluding hydrogens is 316 g/mol. The molecule has 0 unspecified atom stereocenters. The molecule has 1 aromatic carbocycles. The summed E-state index contributed by atoms with van der Waals surface area (Å²) in [6.07, 6.45) is 0. The predicted octanol–water partition coefficient (Wildman–Crippen LogP) is 3.21. The van der Waals surface area contributed by atoms with Crippen LogP contribution >= 0.6 is 11.6 Å². The second-order valence-electron chi connectivity index (χ2n) is 5.87. The lowest BCUT2D eigenvalue weighted by molar-refractivity contribution is 0.0939. The van der Waals surface area contributed by atoms with Gasteiger partial charge >= 0.3 is 0 Å². The Hall–Kier alpha value is -1.46. The third kappa shape index (κ3) is 5.29. The van der Waals surface area contributed by atoms with Gasteiger partial charge in [-0.15, -0.1) is 0 Å². The number of ether oxygens (including phenoxy) is 2. The number of nitrogens with one attached hydrogen (secondary N) is 1. The lowest BCUT2D eigenvalue weighted by Crippen LogP contribution is -2.42. The van der Waals surface area contributed by atoms with Crippen LogP contribution in [0.5, 0.6) is 11.5 Å². The summed E-state index contributed by atoms with van der Waals surface area (Å²) in [7, 11) is 3.02. The molecule has 1 aromatic rings. The summed E-state index contributed by atoms with van der Waals surface area (Å²) in [5, 5.41) is 3.27. The number of benzene rings is 1. The van der Waals surface area contributed by atoms with Crippen molar-refractivity contribution in [2.24, 2.45) is 0 Å². The highest BCUT2D eigenvalue weighted by molar-refractivity contribution is 6.32. The quantitative estimate of drug-likeness (QED) is 0.788. The zero-order valence-corrected chi connectivity index (χ0v) is 15.5. The first-order valence-corrected chi connectivity index (χ1v) is 8.15. The van der Waals surface area contributed by atoms with Crippen LogP contribution in [-0.2, 0) is 0 Å². The van der Waals surface area contributed by atoms with E-state index >= 15 is 0 Å². The van der Waals surface area contributed by atoms with Crippen LogP contribution in [0.25, 0.3) is 0 Å². The average molecular weight is 343 g/mol. The van der Waals surface area contributed by atoms with Crippen molar-refractivity contribution in [2.45, 2.75) is 39.8 Å². The summed E-state index contributed by atoms with van der Waals surface area (Å²) in [6.45, 7) is 9.96. The highest BCUT2D eigenvalue weighted by atomic mass is 35.5. The van der Waals surface area contributed by atoms with Crippen molar-refractivity contribution in [1.29, 1.82) is 0 Å². The number of carbonyl (C=O) groups is 1. The molecule has 5 nitrogen and oxygen atoms in total. The SMILES string of the molecule is COc1cc(C(=O)NCCN(C(C)C)C(C)C)cc(Cl)c1OC. The number of hydrogen-bond acceptors (Lipinski definition) is 4. The summed E-state index contributed by atoms with van der Waals surface area (Å²) >= 11 is 6.13. The van der Waals surface area contributed by atoms with Crippen LogP contribution in [0.2, 0.25) is 5.02 Å². The molecule has 0 aliphatic carbocycles. The minimum atomic E-state index is -0.180. The van der Waals surface area contributed by atoms with Crippen LogP contribution in [0.15, 0.2) is 12.1 Å². The smallest absolute Gasteiger partial charge is 0.251 e. The van der Waals surface area contributed by atoms with Gasteiger partial charge in [0.25, 0.3) is 5.91 Å².